The first-order chi connectivity index (χ1) is 45.2. The number of primary amides is 3. The maximum absolute atomic E-state index is 14.7. The number of nitrogens with one attached hydrogen (secondary N) is 8. The Morgan fingerprint density at radius 2 is 1.01 bits per heavy atom. The predicted octanol–water partition coefficient (Wildman–Crippen LogP) is -3.71. The van der Waals surface area contributed by atoms with Crippen molar-refractivity contribution >= 4 is 94.5 Å². The number of benzene rings is 2. The third kappa shape index (κ3) is 27.5. The summed E-state index contributed by atoms with van der Waals surface area (Å²) >= 11 is 1.45. The minimum absolute atomic E-state index is 0.0736. The molecule has 32 heteroatoms. The fourth-order valence-electron chi connectivity index (χ4n) is 11.0. The molecule has 2 heterocycles. The second kappa shape index (κ2) is 41.0. The first-order valence-corrected chi connectivity index (χ1v) is 33.6. The van der Waals surface area contributed by atoms with Gasteiger partial charge in [-0.3, -0.25) is 67.3 Å². The number of amides is 13. The lowest BCUT2D eigenvalue weighted by Crippen LogP contribution is -2.60. The molecule has 2 fully saturated rings. The van der Waals surface area contributed by atoms with Crippen molar-refractivity contribution in [1.29, 1.82) is 0 Å². The number of unbranched alkanes of at least 4 members (excludes halogenated alkanes) is 1. The summed E-state index contributed by atoms with van der Waals surface area (Å²) in [6.07, 6.45) is 3.12. The molecule has 10 atom stereocenters. The zero-order valence-electron chi connectivity index (χ0n) is 54.5. The quantitative estimate of drug-likeness (QED) is 0.0173. The lowest BCUT2D eigenvalue weighted by Gasteiger charge is -2.32. The van der Waals surface area contributed by atoms with E-state index < -0.39 is 169 Å². The zero-order chi connectivity index (χ0) is 70.1. The average molecular weight is 1350 g/mol. The van der Waals surface area contributed by atoms with Crippen molar-refractivity contribution in [2.24, 2.45) is 51.0 Å². The van der Waals surface area contributed by atoms with Crippen LogP contribution in [0.4, 0.5) is 0 Å². The van der Waals surface area contributed by atoms with E-state index >= 15 is 0 Å². The van der Waals surface area contributed by atoms with Crippen LogP contribution in [0.5, 0.6) is 0 Å². The Morgan fingerprint density at radius 3 is 1.51 bits per heavy atom. The number of nitrogens with zero attached hydrogens (tertiary/aromatic N) is 3. The van der Waals surface area contributed by atoms with Gasteiger partial charge in [-0.25, -0.2) is 0 Å². The fraction of sp³-hybridized carbons (Fsp3) is 0.587. The van der Waals surface area contributed by atoms with Gasteiger partial charge in [0, 0.05) is 45.3 Å². The summed E-state index contributed by atoms with van der Waals surface area (Å²) in [6, 6.07) is 4.51. The zero-order valence-corrected chi connectivity index (χ0v) is 55.3. The molecule has 0 radical (unpaired) electrons. The van der Waals surface area contributed by atoms with Crippen molar-refractivity contribution in [1.82, 2.24) is 52.3 Å². The smallest absolute Gasteiger partial charge is 0.245 e. The third-order valence-corrected chi connectivity index (χ3v) is 16.7. The molecule has 0 aromatic heterocycles. The minimum Gasteiger partial charge on any atom is -0.370 e. The van der Waals surface area contributed by atoms with Crippen molar-refractivity contribution in [3.63, 3.8) is 0 Å². The molecule has 2 aromatic rings. The van der Waals surface area contributed by atoms with Gasteiger partial charge in [0.05, 0.1) is 12.6 Å². The predicted molar refractivity (Wildman–Crippen MR) is 356 cm³/mol. The molecule has 2 aliphatic rings. The second-order valence-electron chi connectivity index (χ2n) is 24.1. The van der Waals surface area contributed by atoms with Crippen LogP contribution in [0.25, 0.3) is 0 Å². The summed E-state index contributed by atoms with van der Waals surface area (Å²) < 4.78 is 0. The molecule has 0 bridgehead atoms. The number of likely N-dealkylation sites (tertiary alicyclic amines) is 2. The van der Waals surface area contributed by atoms with Crippen LogP contribution in [0.2, 0.25) is 0 Å². The molecule has 95 heavy (non-hydrogen) atoms. The Morgan fingerprint density at radius 1 is 0.537 bits per heavy atom. The minimum atomic E-state index is -1.64. The Labute approximate surface area is 558 Å². The van der Waals surface area contributed by atoms with Crippen LogP contribution in [0.1, 0.15) is 121 Å². The SMILES string of the molecule is CSCC[C@H](NC(=O)[C@H](CC(C)C)NC(=O)CNC(=O)[C@H](Cc1ccccc1)NC(=O)[C@H](Cc1ccccc1)NC(=O)[C@H](CCC(N)=O)NC(=O)[C@H](CCC(N)=O)NC(=O)[C@@H]1CCCN1C(=O)[C@H](CCCCN)NC(=O)[C@@H]1CCCN1C(=O)[C@H](N)CCCN=C(N)N)C(N)=O. The molecule has 2 saturated heterocycles. The van der Waals surface area contributed by atoms with Gasteiger partial charge in [0.2, 0.25) is 76.8 Å². The van der Waals surface area contributed by atoms with Gasteiger partial charge in [0.1, 0.15) is 54.4 Å². The van der Waals surface area contributed by atoms with Gasteiger partial charge in [-0.15, -0.1) is 0 Å². The highest BCUT2D eigenvalue weighted by molar-refractivity contribution is 7.98. The van der Waals surface area contributed by atoms with E-state index in [0.29, 0.717) is 55.4 Å². The molecule has 0 spiro atoms. The van der Waals surface area contributed by atoms with Crippen LogP contribution in [0.15, 0.2) is 65.7 Å². The molecule has 2 aromatic carbocycles. The number of carbonyl (C=O) groups excluding carboxylic acids is 13. The van der Waals surface area contributed by atoms with Crippen LogP contribution in [0.3, 0.4) is 0 Å². The fourth-order valence-corrected chi connectivity index (χ4v) is 11.5. The van der Waals surface area contributed by atoms with Gasteiger partial charge >= 0.3 is 0 Å². The molecule has 4 rings (SSSR count). The van der Waals surface area contributed by atoms with Crippen molar-refractivity contribution < 1.29 is 62.3 Å². The van der Waals surface area contributed by atoms with Crippen LogP contribution in [-0.2, 0) is 75.2 Å². The Bertz CT molecular complexity index is 2960. The highest BCUT2D eigenvalue weighted by Gasteiger charge is 2.42. The summed E-state index contributed by atoms with van der Waals surface area (Å²) in [6.45, 7) is 3.86. The van der Waals surface area contributed by atoms with E-state index in [-0.39, 0.29) is 83.0 Å². The summed E-state index contributed by atoms with van der Waals surface area (Å²) in [4.78, 5) is 185. The van der Waals surface area contributed by atoms with Crippen molar-refractivity contribution in [3.8, 4) is 0 Å². The maximum Gasteiger partial charge on any atom is 0.245 e. The van der Waals surface area contributed by atoms with Gasteiger partial charge in [-0.2, -0.15) is 11.8 Å². The Kier molecular flexibility index (Phi) is 33.9. The van der Waals surface area contributed by atoms with Crippen LogP contribution >= 0.6 is 11.8 Å². The maximum atomic E-state index is 14.7. The molecule has 0 saturated carbocycles. The standard InChI is InChI=1S/C63H98N18O13S/c1-37(2)33-45(57(89)74-41(53(68)85)27-32-95-3)73-52(84)36-72-54(86)46(34-38-15-6-4-7-16-38)78-58(90)47(35-39-17-8-5-9-18-39)79-56(88)42(23-25-50(66)82)75-55(87)43(24-26-51(67)83)76-59(91)49-22-14-31-81(49)62(94)44(20-10-11-28-64)77-60(92)48-21-13-30-80(48)61(93)40(65)19-12-29-71-63(69)70/h4-9,15-18,37,40-49H,10-14,19-36,64-65H2,1-3H3,(H2,66,82)(H2,67,83)(H2,68,85)(H,72,86)(H,73,84)(H,74,89)(H,75,87)(H,76,91)(H,77,92)(H,78,90)(H,79,88)(H4,69,70,71)/t40-,41+,42+,43+,44+,45+,46+,47+,48+,49+/m1/s1. The normalized spacial score (nSPS) is 16.8. The number of hydrogen-bond acceptors (Lipinski definition) is 17. The lowest BCUT2D eigenvalue weighted by atomic mass is 10.0. The lowest BCUT2D eigenvalue weighted by molar-refractivity contribution is -0.144. The van der Waals surface area contributed by atoms with E-state index in [0.717, 1.165) is 0 Å². The highest BCUT2D eigenvalue weighted by atomic mass is 32.2. The van der Waals surface area contributed by atoms with Crippen molar-refractivity contribution in [2.75, 3.05) is 44.7 Å². The number of nitrogens with two attached hydrogens (primary N) is 7. The van der Waals surface area contributed by atoms with Crippen molar-refractivity contribution in [3.05, 3.63) is 71.8 Å². The second-order valence-corrected chi connectivity index (χ2v) is 25.1. The van der Waals surface area contributed by atoms with Gasteiger partial charge < -0.3 is 92.5 Å². The van der Waals surface area contributed by atoms with E-state index in [2.05, 4.69) is 47.5 Å². The Hall–Kier alpha value is -8.91. The van der Waals surface area contributed by atoms with E-state index in [1.807, 2.05) is 20.1 Å². The van der Waals surface area contributed by atoms with E-state index in [9.17, 15) is 62.3 Å². The van der Waals surface area contributed by atoms with Crippen LogP contribution in [0, 0.1) is 5.92 Å². The van der Waals surface area contributed by atoms with Crippen LogP contribution in [-0.4, -0.2) is 198 Å². The summed E-state index contributed by atoms with van der Waals surface area (Å²) in [5, 5.41) is 21.1. The topological polar surface area (TPSA) is 519 Å². The molecule has 13 amide bonds. The monoisotopic (exact) mass is 1350 g/mol. The summed E-state index contributed by atoms with van der Waals surface area (Å²) in [5.41, 5.74) is 40.6. The van der Waals surface area contributed by atoms with E-state index in [4.69, 9.17) is 40.1 Å². The largest absolute Gasteiger partial charge is 0.370 e. The number of aliphatic imine (C=N–C) groups is 1. The van der Waals surface area contributed by atoms with Gasteiger partial charge in [-0.1, -0.05) is 74.5 Å². The highest BCUT2D eigenvalue weighted by Crippen LogP contribution is 2.24. The Balaban J connectivity index is 1.56. The molecule has 22 N–H and O–H groups in total. The number of thioether (sulfide) groups is 1. The molecule has 0 unspecified atom stereocenters. The number of carbonyl (C=O) groups is 13. The summed E-state index contributed by atoms with van der Waals surface area (Å²) in [7, 11) is 0. The van der Waals surface area contributed by atoms with E-state index in [1.54, 1.807) is 60.7 Å². The number of hydrogen-bond donors (Lipinski definition) is 15. The summed E-state index contributed by atoms with van der Waals surface area (Å²) in [5.74, 6) is -9.80. The third-order valence-electron chi connectivity index (χ3n) is 16.0. The molecular weight excluding hydrogens is 1250 g/mol. The molecule has 524 valence electrons. The van der Waals surface area contributed by atoms with Gasteiger partial charge in [0.15, 0.2) is 5.96 Å². The van der Waals surface area contributed by atoms with Crippen LogP contribution < -0.4 is 82.7 Å². The number of rotatable bonds is 42. The molecule has 31 nitrogen and oxygen atoms in total. The number of guanidine groups is 1. The first-order valence-electron chi connectivity index (χ1n) is 32.2. The van der Waals surface area contributed by atoms with Gasteiger partial charge in [0.25, 0.3) is 0 Å². The molecular formula is C63H98N18O13S. The van der Waals surface area contributed by atoms with Gasteiger partial charge in [-0.05, 0) is 119 Å². The van der Waals surface area contributed by atoms with E-state index in [1.165, 1.54) is 21.6 Å². The average Bonchev–Trinajstić information content (AvgIpc) is 1.74. The van der Waals surface area contributed by atoms with Crippen molar-refractivity contribution in [2.45, 2.75) is 183 Å². The molecule has 2 aliphatic heterocycles. The first kappa shape index (κ1) is 78.5. The molecule has 0 aliphatic carbocycles.